The standard InChI is InChI=1S/C23H32N2O4.C18H17NO3.C16H17N3O5S.C10H12N2O3S/c1-7-16-13-15(3)14-17(8-2)18(16)19-20(26)24-9-11-28-12-10-25(24)21(19)29-22(27)23(4,5)6;1-2-21-17(20)16-13-18(22-19-16,14-9-5-3-6-10-14)15-11-7-4-8-12-15;1-9-10(15(20)11-8-17-19(2)16(11)21)4-5-13(25(3,22)23)14(9)12-6-7-24-18-12;1-7(2)12-10(13)8-5-3-4-6-9(8)11-16(12,14)15/h13-14H,7-12H2,1-6H3;3-12H,2,13H2,1H3;4-5,8,21H,6-7H2,1-3H3;3-7,11H,1-2H3. The van der Waals surface area contributed by atoms with E-state index < -0.39 is 54.8 Å². The van der Waals surface area contributed by atoms with Crippen LogP contribution in [0.4, 0.5) is 5.69 Å². The number of anilines is 1. The predicted molar refractivity (Wildman–Crippen MR) is 347 cm³/mol. The van der Waals surface area contributed by atoms with Crippen molar-refractivity contribution < 1.29 is 65.0 Å². The van der Waals surface area contributed by atoms with Crippen molar-refractivity contribution in [2.45, 2.75) is 125 Å². The van der Waals surface area contributed by atoms with Crippen LogP contribution in [0.1, 0.15) is 133 Å². The normalized spacial score (nSPS) is 15.4. The Kier molecular flexibility index (Phi) is 21.3. The number of para-hydroxylation sites is 1. The lowest BCUT2D eigenvalue weighted by Gasteiger charge is -2.31. The van der Waals surface area contributed by atoms with Crippen LogP contribution >= 0.6 is 0 Å². The molecular weight excluding hydrogens is 1220 g/mol. The zero-order chi connectivity index (χ0) is 67.0. The average Bonchev–Trinajstić information content (AvgIpc) is 1.48. The Hall–Kier alpha value is -9.20. The number of aromatic hydroxyl groups is 1. The van der Waals surface area contributed by atoms with E-state index in [-0.39, 0.29) is 33.4 Å². The summed E-state index contributed by atoms with van der Waals surface area (Å²) < 4.78 is 72.2. The van der Waals surface area contributed by atoms with Crippen LogP contribution in [0.15, 0.2) is 135 Å². The lowest BCUT2D eigenvalue weighted by molar-refractivity contribution is -0.143. The zero-order valence-corrected chi connectivity index (χ0v) is 55.4. The van der Waals surface area contributed by atoms with E-state index in [0.717, 1.165) is 51.2 Å². The minimum absolute atomic E-state index is 0.0493. The molecule has 25 heteroatoms. The first-order valence-corrected chi connectivity index (χ1v) is 33.5. The van der Waals surface area contributed by atoms with E-state index in [0.29, 0.717) is 97.6 Å². The summed E-state index contributed by atoms with van der Waals surface area (Å²) >= 11 is 0. The smallest absolute Gasteiger partial charge is 0.356 e. The fourth-order valence-corrected chi connectivity index (χ4v) is 13.3. The Labute approximate surface area is 535 Å². The number of ether oxygens (including phenoxy) is 3. The van der Waals surface area contributed by atoms with Crippen LogP contribution in [-0.2, 0) is 87.4 Å². The molecule has 0 saturated heterocycles. The third kappa shape index (κ3) is 14.6. The maximum Gasteiger partial charge on any atom is 0.356 e. The molecule has 4 aliphatic rings. The summed E-state index contributed by atoms with van der Waals surface area (Å²) in [6, 6.07) is 32.9. The van der Waals surface area contributed by atoms with Crippen molar-refractivity contribution in [3.8, 4) is 22.9 Å². The highest BCUT2D eigenvalue weighted by molar-refractivity contribution is 7.91. The molecule has 7 aromatic rings. The second kappa shape index (κ2) is 28.5. The van der Waals surface area contributed by atoms with Crippen molar-refractivity contribution in [3.63, 3.8) is 0 Å². The Morgan fingerprint density at radius 2 is 1.39 bits per heavy atom. The summed E-state index contributed by atoms with van der Waals surface area (Å²) in [5, 5.41) is 21.7. The molecule has 6 heterocycles. The number of aromatic nitrogens is 4. The van der Waals surface area contributed by atoms with Gasteiger partial charge in [-0.25, -0.2) is 31.6 Å². The number of hydrogen-bond acceptors (Lipinski definition) is 18. The fourth-order valence-electron chi connectivity index (χ4n) is 11.0. The van der Waals surface area contributed by atoms with Gasteiger partial charge in [0, 0.05) is 48.0 Å². The van der Waals surface area contributed by atoms with E-state index in [2.05, 4.69) is 53.0 Å². The van der Waals surface area contributed by atoms with Crippen LogP contribution in [0.3, 0.4) is 0 Å². The highest BCUT2D eigenvalue weighted by atomic mass is 32.2. The molecule has 4 aliphatic heterocycles. The van der Waals surface area contributed by atoms with Gasteiger partial charge in [0.05, 0.1) is 72.8 Å². The van der Waals surface area contributed by atoms with Gasteiger partial charge in [0.1, 0.15) is 17.7 Å². The number of amides is 1. The maximum atomic E-state index is 13.5. The summed E-state index contributed by atoms with van der Waals surface area (Å²) in [6.07, 6.45) is 4.79. The van der Waals surface area contributed by atoms with Crippen molar-refractivity contribution >= 4 is 60.8 Å². The summed E-state index contributed by atoms with van der Waals surface area (Å²) in [7, 11) is -5.75. The van der Waals surface area contributed by atoms with Crippen molar-refractivity contribution in [1.29, 1.82) is 0 Å². The average molecular weight is 1300 g/mol. The first-order chi connectivity index (χ1) is 43.6. The Balaban J connectivity index is 0.000000161. The maximum absolute atomic E-state index is 13.5. The van der Waals surface area contributed by atoms with Crippen molar-refractivity contribution in [2.24, 2.45) is 22.8 Å². The van der Waals surface area contributed by atoms with Crippen LogP contribution in [0.25, 0.3) is 11.1 Å². The molecule has 0 saturated carbocycles. The molecule has 0 radical (unpaired) electrons. The number of esters is 2. The van der Waals surface area contributed by atoms with Gasteiger partial charge >= 0.3 is 22.1 Å². The number of sulfone groups is 1. The molecule has 92 heavy (non-hydrogen) atoms. The summed E-state index contributed by atoms with van der Waals surface area (Å²) in [5.41, 5.74) is 7.84. The first kappa shape index (κ1) is 68.7. The van der Waals surface area contributed by atoms with Crippen LogP contribution in [0.2, 0.25) is 0 Å². The molecule has 0 aliphatic carbocycles. The van der Waals surface area contributed by atoms with E-state index in [1.807, 2.05) is 81.4 Å². The molecule has 2 N–H and O–H groups in total. The van der Waals surface area contributed by atoms with E-state index in [1.54, 1.807) is 61.3 Å². The van der Waals surface area contributed by atoms with E-state index in [4.69, 9.17) is 23.9 Å². The number of aryl methyl sites for hydroxylation is 4. The SMILES string of the molecule is CC(C)N1C(=O)c2ccccc2NS1(=O)=O.CCOC(=O)C1=NOC(c2ccccc2)(c2ccccc2)C1.CCc1cc(C)cc(CC)c1-c1c(OC(=O)C(C)(C)C)n2n(c1=O)CCOCC2.Cc1c(C(=O)c2cnn(C)c2O)ccc(S(C)(=O)=O)c1C1=NOCC1. The van der Waals surface area contributed by atoms with Gasteiger partial charge in [0.25, 0.3) is 11.5 Å². The van der Waals surface area contributed by atoms with Gasteiger partial charge in [-0.15, -0.1) is 0 Å². The minimum Gasteiger partial charge on any atom is -0.493 e. The molecule has 1 amide bonds. The molecule has 488 valence electrons. The van der Waals surface area contributed by atoms with Crippen molar-refractivity contribution in [3.05, 3.63) is 181 Å². The number of nitrogens with zero attached hydrogens (tertiary/aromatic N) is 7. The lowest BCUT2D eigenvalue weighted by Crippen LogP contribution is -2.48. The number of nitrogens with one attached hydrogen (secondary N) is 1. The van der Waals surface area contributed by atoms with Crippen molar-refractivity contribution in [1.82, 2.24) is 23.4 Å². The van der Waals surface area contributed by atoms with Crippen LogP contribution < -0.4 is 15.0 Å². The van der Waals surface area contributed by atoms with Gasteiger partial charge < -0.3 is 29.0 Å². The molecular formula is C67H78N8O15S2. The minimum atomic E-state index is -3.75. The summed E-state index contributed by atoms with van der Waals surface area (Å²) in [5.74, 6) is -1.61. The van der Waals surface area contributed by atoms with Crippen molar-refractivity contribution in [2.75, 3.05) is 37.4 Å². The number of oxime groups is 2. The monoisotopic (exact) mass is 1300 g/mol. The number of hydrogen-bond donors (Lipinski definition) is 2. The highest BCUT2D eigenvalue weighted by Gasteiger charge is 2.45. The number of carbonyl (C=O) groups excluding carboxylic acids is 4. The molecule has 11 rings (SSSR count). The van der Waals surface area contributed by atoms with Crippen LogP contribution in [0, 0.1) is 19.3 Å². The number of rotatable bonds is 13. The molecule has 0 bridgehead atoms. The first-order valence-electron chi connectivity index (χ1n) is 30.1. The van der Waals surface area contributed by atoms with Crippen LogP contribution in [-0.4, -0.2) is 119 Å². The third-order valence-corrected chi connectivity index (χ3v) is 18.2. The molecule has 23 nitrogen and oxygen atoms in total. The summed E-state index contributed by atoms with van der Waals surface area (Å²) in [6.45, 7) is 21.0. The van der Waals surface area contributed by atoms with Gasteiger partial charge in [0.15, 0.2) is 26.9 Å². The fraction of sp³-hybridized carbons (Fsp3) is 0.373. The van der Waals surface area contributed by atoms with E-state index in [1.165, 1.54) is 35.6 Å². The summed E-state index contributed by atoms with van der Waals surface area (Å²) in [4.78, 5) is 73.9. The largest absolute Gasteiger partial charge is 0.493 e. The van der Waals surface area contributed by atoms with E-state index >= 15 is 0 Å². The number of fused-ring (bicyclic) bond motifs is 2. The van der Waals surface area contributed by atoms with Gasteiger partial charge in [-0.1, -0.05) is 115 Å². The van der Waals surface area contributed by atoms with Crippen LogP contribution in [0.5, 0.6) is 11.8 Å². The Morgan fingerprint density at radius 3 is 1.92 bits per heavy atom. The number of carbonyl (C=O) groups is 4. The predicted octanol–water partition coefficient (Wildman–Crippen LogP) is 9.40. The second-order valence-corrected chi connectivity index (χ2v) is 27.0. The van der Waals surface area contributed by atoms with Gasteiger partial charge in [-0.2, -0.15) is 13.5 Å². The van der Waals surface area contributed by atoms with E-state index in [9.17, 15) is 45.9 Å². The molecule has 0 spiro atoms. The molecule has 5 aromatic carbocycles. The third-order valence-electron chi connectivity index (χ3n) is 15.5. The Morgan fingerprint density at radius 1 is 0.793 bits per heavy atom. The molecule has 0 unspecified atom stereocenters. The highest BCUT2D eigenvalue weighted by Crippen LogP contribution is 2.42. The molecule has 0 fully saturated rings. The number of ketones is 1. The quantitative estimate of drug-likeness (QED) is 0.0802. The second-order valence-electron chi connectivity index (χ2n) is 23.4. The zero-order valence-electron chi connectivity index (χ0n) is 53.7. The van der Waals surface area contributed by atoms with Gasteiger partial charge in [0.2, 0.25) is 11.8 Å². The van der Waals surface area contributed by atoms with Gasteiger partial charge in [-0.05, 0) is 115 Å². The Bertz CT molecular complexity index is 4210. The lowest BCUT2D eigenvalue weighted by atomic mass is 9.82. The topological polar surface area (TPSA) is 288 Å². The van der Waals surface area contributed by atoms with Gasteiger partial charge in [-0.3, -0.25) is 23.9 Å². The molecule has 0 atom stereocenters. The number of benzene rings is 5. The molecule has 2 aromatic heterocycles.